The monoisotopic (exact) mass is 279 g/mol. The quantitative estimate of drug-likeness (QED) is 0.832. The Morgan fingerprint density at radius 2 is 2.17 bits per heavy atom. The molecule has 0 fully saturated rings. The van der Waals surface area contributed by atoms with Crippen molar-refractivity contribution in [2.75, 3.05) is 26.8 Å². The Bertz CT molecular complexity index is 377. The maximum Gasteiger partial charge on any atom is 0.251 e. The number of methoxy groups -OCH3 is 1. The second kappa shape index (κ2) is 7.51. The van der Waals surface area contributed by atoms with Gasteiger partial charge >= 0.3 is 0 Å². The van der Waals surface area contributed by atoms with Crippen LogP contribution in [0.2, 0.25) is 5.02 Å². The maximum atomic E-state index is 12.4. The standard InChI is InChI=1S/C12H16ClF2NO2/c1-18-11-3-2-10(13)6-9(11)7-16(4-5-17)8-12(14)15/h2-3,6,12,17H,4-5,7-8H2,1H3. The Morgan fingerprint density at radius 3 is 2.72 bits per heavy atom. The van der Waals surface area contributed by atoms with E-state index >= 15 is 0 Å². The van der Waals surface area contributed by atoms with E-state index in [-0.39, 0.29) is 19.7 Å². The molecule has 0 aliphatic rings. The van der Waals surface area contributed by atoms with Crippen LogP contribution in [0.1, 0.15) is 5.56 Å². The van der Waals surface area contributed by atoms with Crippen molar-refractivity contribution in [2.24, 2.45) is 0 Å². The van der Waals surface area contributed by atoms with E-state index in [0.717, 1.165) is 5.56 Å². The topological polar surface area (TPSA) is 32.7 Å². The lowest BCUT2D eigenvalue weighted by Gasteiger charge is -2.22. The molecule has 0 spiro atoms. The summed E-state index contributed by atoms with van der Waals surface area (Å²) in [5.41, 5.74) is 0.721. The molecule has 1 rings (SSSR count). The summed E-state index contributed by atoms with van der Waals surface area (Å²) in [5.74, 6) is 0.594. The molecule has 0 bridgehead atoms. The molecule has 0 saturated heterocycles. The van der Waals surface area contributed by atoms with E-state index in [4.69, 9.17) is 21.4 Å². The Kier molecular flexibility index (Phi) is 6.32. The summed E-state index contributed by atoms with van der Waals surface area (Å²) >= 11 is 5.87. The highest BCUT2D eigenvalue weighted by atomic mass is 35.5. The first kappa shape index (κ1) is 15.1. The zero-order valence-electron chi connectivity index (χ0n) is 10.1. The molecule has 0 radical (unpaired) electrons. The van der Waals surface area contributed by atoms with Crippen molar-refractivity contribution in [2.45, 2.75) is 13.0 Å². The summed E-state index contributed by atoms with van der Waals surface area (Å²) in [5, 5.41) is 9.38. The summed E-state index contributed by atoms with van der Waals surface area (Å²) in [4.78, 5) is 1.46. The van der Waals surface area contributed by atoms with Crippen molar-refractivity contribution in [1.29, 1.82) is 0 Å². The maximum absolute atomic E-state index is 12.4. The van der Waals surface area contributed by atoms with Crippen LogP contribution in [0.25, 0.3) is 0 Å². The van der Waals surface area contributed by atoms with Crippen molar-refractivity contribution in [3.8, 4) is 5.75 Å². The van der Waals surface area contributed by atoms with Crippen LogP contribution in [0.3, 0.4) is 0 Å². The number of alkyl halides is 2. The van der Waals surface area contributed by atoms with E-state index in [2.05, 4.69) is 0 Å². The fourth-order valence-corrected chi connectivity index (χ4v) is 1.88. The number of aliphatic hydroxyl groups is 1. The van der Waals surface area contributed by atoms with Gasteiger partial charge in [-0.15, -0.1) is 0 Å². The Balaban J connectivity index is 2.81. The van der Waals surface area contributed by atoms with Gasteiger partial charge in [-0.2, -0.15) is 0 Å². The summed E-state index contributed by atoms with van der Waals surface area (Å²) in [7, 11) is 1.51. The van der Waals surface area contributed by atoms with Crippen LogP contribution < -0.4 is 4.74 Å². The molecule has 0 aliphatic carbocycles. The van der Waals surface area contributed by atoms with Gasteiger partial charge in [0.1, 0.15) is 5.75 Å². The minimum atomic E-state index is -2.44. The van der Waals surface area contributed by atoms with E-state index < -0.39 is 13.0 Å². The third-order valence-corrected chi connectivity index (χ3v) is 2.68. The van der Waals surface area contributed by atoms with E-state index in [1.807, 2.05) is 0 Å². The number of nitrogens with zero attached hydrogens (tertiary/aromatic N) is 1. The van der Waals surface area contributed by atoms with Gasteiger partial charge in [0.05, 0.1) is 20.3 Å². The minimum absolute atomic E-state index is 0.171. The van der Waals surface area contributed by atoms with Crippen LogP contribution in [0.4, 0.5) is 8.78 Å². The molecular weight excluding hydrogens is 264 g/mol. The number of rotatable bonds is 7. The van der Waals surface area contributed by atoms with Gasteiger partial charge in [-0.3, -0.25) is 4.90 Å². The van der Waals surface area contributed by atoms with E-state index in [1.54, 1.807) is 18.2 Å². The van der Waals surface area contributed by atoms with Gasteiger partial charge in [0.25, 0.3) is 6.43 Å². The zero-order chi connectivity index (χ0) is 13.5. The zero-order valence-corrected chi connectivity index (χ0v) is 10.8. The minimum Gasteiger partial charge on any atom is -0.496 e. The van der Waals surface area contributed by atoms with Gasteiger partial charge in [0.2, 0.25) is 0 Å². The predicted octanol–water partition coefficient (Wildman–Crippen LogP) is 2.41. The van der Waals surface area contributed by atoms with E-state index in [0.29, 0.717) is 10.8 Å². The number of hydrogen-bond acceptors (Lipinski definition) is 3. The molecule has 18 heavy (non-hydrogen) atoms. The molecule has 0 saturated carbocycles. The average molecular weight is 280 g/mol. The average Bonchev–Trinajstić information content (AvgIpc) is 2.28. The van der Waals surface area contributed by atoms with E-state index in [1.165, 1.54) is 12.0 Å². The molecule has 0 unspecified atom stereocenters. The van der Waals surface area contributed by atoms with Gasteiger partial charge < -0.3 is 9.84 Å². The summed E-state index contributed by atoms with van der Waals surface area (Å²) in [6.45, 7) is -0.125. The van der Waals surface area contributed by atoms with Crippen LogP contribution >= 0.6 is 11.6 Å². The lowest BCUT2D eigenvalue weighted by atomic mass is 10.2. The van der Waals surface area contributed by atoms with Gasteiger partial charge in [-0.1, -0.05) is 11.6 Å². The lowest BCUT2D eigenvalue weighted by Crippen LogP contribution is -2.31. The first-order chi connectivity index (χ1) is 8.56. The lowest BCUT2D eigenvalue weighted by molar-refractivity contribution is 0.0742. The highest BCUT2D eigenvalue weighted by molar-refractivity contribution is 6.30. The van der Waals surface area contributed by atoms with Crippen molar-refractivity contribution in [3.63, 3.8) is 0 Å². The molecule has 0 aliphatic heterocycles. The third-order valence-electron chi connectivity index (χ3n) is 2.45. The number of hydrogen-bond donors (Lipinski definition) is 1. The van der Waals surface area contributed by atoms with Crippen molar-refractivity contribution < 1.29 is 18.6 Å². The van der Waals surface area contributed by atoms with Crippen LogP contribution in [0.15, 0.2) is 18.2 Å². The van der Waals surface area contributed by atoms with Crippen LogP contribution in [0.5, 0.6) is 5.75 Å². The third kappa shape index (κ3) is 4.76. The smallest absolute Gasteiger partial charge is 0.251 e. The normalized spacial score (nSPS) is 11.3. The Labute approximate surface area is 110 Å². The van der Waals surface area contributed by atoms with Crippen molar-refractivity contribution in [3.05, 3.63) is 28.8 Å². The summed E-state index contributed by atoms with van der Waals surface area (Å²) in [6, 6.07) is 5.04. The number of aliphatic hydroxyl groups excluding tert-OH is 1. The molecule has 1 aromatic rings. The van der Waals surface area contributed by atoms with Crippen LogP contribution in [0, 0.1) is 0 Å². The molecule has 3 nitrogen and oxygen atoms in total. The largest absolute Gasteiger partial charge is 0.496 e. The molecule has 102 valence electrons. The second-order valence-corrected chi connectivity index (χ2v) is 4.24. The van der Waals surface area contributed by atoms with Gasteiger partial charge in [-0.25, -0.2) is 8.78 Å². The number of halogens is 3. The van der Waals surface area contributed by atoms with Gasteiger partial charge in [0.15, 0.2) is 0 Å². The number of benzene rings is 1. The number of ether oxygens (including phenoxy) is 1. The van der Waals surface area contributed by atoms with Gasteiger partial charge in [0, 0.05) is 23.7 Å². The highest BCUT2D eigenvalue weighted by Crippen LogP contribution is 2.24. The van der Waals surface area contributed by atoms with Crippen molar-refractivity contribution >= 4 is 11.6 Å². The first-order valence-electron chi connectivity index (χ1n) is 5.50. The molecule has 0 atom stereocenters. The summed E-state index contributed by atoms with van der Waals surface area (Å²) < 4.78 is 29.9. The van der Waals surface area contributed by atoms with Crippen molar-refractivity contribution in [1.82, 2.24) is 4.90 Å². The van der Waals surface area contributed by atoms with Gasteiger partial charge in [-0.05, 0) is 18.2 Å². The second-order valence-electron chi connectivity index (χ2n) is 3.81. The molecule has 0 heterocycles. The van der Waals surface area contributed by atoms with Crippen LogP contribution in [-0.4, -0.2) is 43.2 Å². The molecule has 0 amide bonds. The molecular formula is C12H16ClF2NO2. The molecule has 1 N–H and O–H groups in total. The van der Waals surface area contributed by atoms with Crippen LogP contribution in [-0.2, 0) is 6.54 Å². The molecule has 6 heteroatoms. The van der Waals surface area contributed by atoms with E-state index in [9.17, 15) is 8.78 Å². The Hall–Kier alpha value is -0.910. The first-order valence-corrected chi connectivity index (χ1v) is 5.88. The molecule has 0 aromatic heterocycles. The predicted molar refractivity (Wildman–Crippen MR) is 66.4 cm³/mol. The molecule has 1 aromatic carbocycles. The Morgan fingerprint density at radius 1 is 1.44 bits per heavy atom. The fourth-order valence-electron chi connectivity index (χ4n) is 1.68. The SMILES string of the molecule is COc1ccc(Cl)cc1CN(CCO)CC(F)F. The fraction of sp³-hybridized carbons (Fsp3) is 0.500. The summed E-state index contributed by atoms with van der Waals surface area (Å²) in [6.07, 6.45) is -2.44. The highest BCUT2D eigenvalue weighted by Gasteiger charge is 2.14.